The normalized spacial score (nSPS) is 15.7. The SMILES string of the molecule is CCC1=C(C)/C(=C(/c2c(Cl)cccc2Cl)c2c(C)c(CC)c(C)n2B(F)F)N=C1C. The van der Waals surface area contributed by atoms with Gasteiger partial charge in [-0.2, -0.15) is 0 Å². The molecule has 2 aromatic rings. The van der Waals surface area contributed by atoms with Crippen LogP contribution >= 0.6 is 23.2 Å². The molecule has 30 heavy (non-hydrogen) atoms. The standard InChI is InChI=1S/C23H25BCl2F2N2/c1-7-16-12(3)22(29-14(16)5)21(20-18(25)10-9-11-19(20)26)23-13(4)17(8-2)15(6)30(23)24(27)28/h9-11H,7-8H2,1-6H3/b22-21+. The summed E-state index contributed by atoms with van der Waals surface area (Å²) in [6.07, 6.45) is 1.46. The van der Waals surface area contributed by atoms with Gasteiger partial charge >= 0.3 is 7.40 Å². The van der Waals surface area contributed by atoms with Crippen LogP contribution in [0.3, 0.4) is 0 Å². The summed E-state index contributed by atoms with van der Waals surface area (Å²) in [7, 11) is -2.70. The highest BCUT2D eigenvalue weighted by atomic mass is 35.5. The fraction of sp³-hybridized carbons (Fsp3) is 0.348. The first kappa shape index (κ1) is 22.8. The molecule has 1 aromatic heterocycles. The lowest BCUT2D eigenvalue weighted by Crippen LogP contribution is -2.19. The van der Waals surface area contributed by atoms with Crippen LogP contribution in [0.2, 0.25) is 10.0 Å². The van der Waals surface area contributed by atoms with Gasteiger partial charge in [0.1, 0.15) is 0 Å². The van der Waals surface area contributed by atoms with Crippen LogP contribution in [0.4, 0.5) is 8.63 Å². The van der Waals surface area contributed by atoms with Crippen molar-refractivity contribution in [1.29, 1.82) is 0 Å². The summed E-state index contributed by atoms with van der Waals surface area (Å²) in [5, 5.41) is 0.820. The van der Waals surface area contributed by atoms with Crippen LogP contribution in [0.25, 0.3) is 5.57 Å². The van der Waals surface area contributed by atoms with E-state index in [0.29, 0.717) is 44.7 Å². The van der Waals surface area contributed by atoms with Crippen molar-refractivity contribution in [3.63, 3.8) is 0 Å². The maximum atomic E-state index is 14.3. The molecule has 0 fully saturated rings. The first-order chi connectivity index (χ1) is 14.1. The van der Waals surface area contributed by atoms with Crippen molar-refractivity contribution in [2.24, 2.45) is 4.99 Å². The van der Waals surface area contributed by atoms with E-state index in [4.69, 9.17) is 28.2 Å². The number of aromatic nitrogens is 1. The maximum Gasteiger partial charge on any atom is 0.677 e. The second-order valence-electron chi connectivity index (χ2n) is 7.51. The maximum absolute atomic E-state index is 14.3. The zero-order chi connectivity index (χ0) is 22.3. The number of nitrogens with zero attached hydrogens (tertiary/aromatic N) is 2. The summed E-state index contributed by atoms with van der Waals surface area (Å²) in [5.41, 5.74) is 7.43. The minimum Gasteiger partial charge on any atom is -0.329 e. The van der Waals surface area contributed by atoms with E-state index in [1.54, 1.807) is 25.1 Å². The van der Waals surface area contributed by atoms with Gasteiger partial charge in [0.25, 0.3) is 0 Å². The van der Waals surface area contributed by atoms with Gasteiger partial charge in [0, 0.05) is 28.2 Å². The molecule has 0 amide bonds. The number of hydrogen-bond acceptors (Lipinski definition) is 1. The number of benzene rings is 1. The Labute approximate surface area is 187 Å². The average Bonchev–Trinajstić information content (AvgIpc) is 3.10. The summed E-state index contributed by atoms with van der Waals surface area (Å²) < 4.78 is 29.7. The predicted molar refractivity (Wildman–Crippen MR) is 125 cm³/mol. The minimum absolute atomic E-state index is 0.410. The first-order valence-electron chi connectivity index (χ1n) is 10.1. The van der Waals surface area contributed by atoms with Gasteiger partial charge in [-0.1, -0.05) is 43.1 Å². The summed E-state index contributed by atoms with van der Waals surface area (Å²) in [6, 6.07) is 5.21. The summed E-state index contributed by atoms with van der Waals surface area (Å²) >= 11 is 13.2. The number of allylic oxidation sites excluding steroid dienone is 2. The van der Waals surface area contributed by atoms with Crippen molar-refractivity contribution in [3.8, 4) is 0 Å². The largest absolute Gasteiger partial charge is 0.677 e. The molecule has 0 spiro atoms. The Balaban J connectivity index is 2.56. The number of hydrogen-bond donors (Lipinski definition) is 0. The molecule has 158 valence electrons. The van der Waals surface area contributed by atoms with Gasteiger partial charge in [-0.3, -0.25) is 13.6 Å². The molecule has 0 atom stereocenters. The highest BCUT2D eigenvalue weighted by Gasteiger charge is 2.33. The fourth-order valence-electron chi connectivity index (χ4n) is 4.56. The Morgan fingerprint density at radius 1 is 1.03 bits per heavy atom. The van der Waals surface area contributed by atoms with E-state index in [0.717, 1.165) is 38.9 Å². The van der Waals surface area contributed by atoms with E-state index in [1.807, 2.05) is 27.7 Å². The lowest BCUT2D eigenvalue weighted by atomic mass is 9.92. The van der Waals surface area contributed by atoms with Crippen molar-refractivity contribution in [2.45, 2.75) is 54.4 Å². The predicted octanol–water partition coefficient (Wildman–Crippen LogP) is 7.71. The van der Waals surface area contributed by atoms with E-state index in [2.05, 4.69) is 6.92 Å². The van der Waals surface area contributed by atoms with E-state index < -0.39 is 7.40 Å². The van der Waals surface area contributed by atoms with E-state index in [9.17, 15) is 8.63 Å². The fourth-order valence-corrected chi connectivity index (χ4v) is 5.15. The molecular formula is C23H25BCl2F2N2. The van der Waals surface area contributed by atoms with E-state index >= 15 is 0 Å². The van der Waals surface area contributed by atoms with Gasteiger partial charge in [-0.05, 0) is 74.9 Å². The Kier molecular flexibility index (Phi) is 6.64. The van der Waals surface area contributed by atoms with Gasteiger partial charge in [0.2, 0.25) is 0 Å². The molecule has 1 aliphatic rings. The molecule has 3 rings (SSSR count). The van der Waals surface area contributed by atoms with Crippen LogP contribution in [0.1, 0.15) is 62.2 Å². The molecule has 2 nitrogen and oxygen atoms in total. The van der Waals surface area contributed by atoms with Crippen molar-refractivity contribution in [3.05, 3.63) is 73.2 Å². The number of halogens is 4. The lowest BCUT2D eigenvalue weighted by Gasteiger charge is -2.18. The molecule has 0 saturated heterocycles. The topological polar surface area (TPSA) is 17.3 Å². The molecule has 0 N–H and O–H groups in total. The van der Waals surface area contributed by atoms with Crippen molar-refractivity contribution >= 4 is 41.9 Å². The van der Waals surface area contributed by atoms with E-state index in [-0.39, 0.29) is 0 Å². The third-order valence-corrected chi connectivity index (χ3v) is 6.59. The van der Waals surface area contributed by atoms with Crippen LogP contribution in [-0.2, 0) is 6.42 Å². The van der Waals surface area contributed by atoms with Crippen LogP contribution in [0.5, 0.6) is 0 Å². The molecule has 0 aliphatic carbocycles. The van der Waals surface area contributed by atoms with Crippen molar-refractivity contribution in [2.75, 3.05) is 0 Å². The Morgan fingerprint density at radius 2 is 1.63 bits per heavy atom. The van der Waals surface area contributed by atoms with Crippen LogP contribution in [0, 0.1) is 13.8 Å². The lowest BCUT2D eigenvalue weighted by molar-refractivity contribution is 0.623. The minimum atomic E-state index is -2.70. The molecule has 0 bridgehead atoms. The molecule has 2 heterocycles. The summed E-state index contributed by atoms with van der Waals surface area (Å²) in [4.78, 5) is 4.81. The van der Waals surface area contributed by atoms with Gasteiger partial charge < -0.3 is 4.48 Å². The Morgan fingerprint density at radius 3 is 2.10 bits per heavy atom. The quantitative estimate of drug-likeness (QED) is 0.416. The Hall–Kier alpha value is -1.85. The van der Waals surface area contributed by atoms with Crippen LogP contribution in [-0.4, -0.2) is 17.6 Å². The Bertz CT molecular complexity index is 1090. The zero-order valence-electron chi connectivity index (χ0n) is 18.1. The highest BCUT2D eigenvalue weighted by molar-refractivity contribution is 6.42. The summed E-state index contributed by atoms with van der Waals surface area (Å²) in [6.45, 7) is 11.6. The number of rotatable bonds is 5. The zero-order valence-corrected chi connectivity index (χ0v) is 19.6. The van der Waals surface area contributed by atoms with Crippen LogP contribution in [0.15, 0.2) is 40.0 Å². The molecule has 0 radical (unpaired) electrons. The van der Waals surface area contributed by atoms with Gasteiger partial charge in [-0.15, -0.1) is 0 Å². The molecule has 7 heteroatoms. The smallest absolute Gasteiger partial charge is 0.329 e. The molecule has 0 saturated carbocycles. The van der Waals surface area contributed by atoms with Crippen molar-refractivity contribution < 1.29 is 8.63 Å². The average molecular weight is 449 g/mol. The van der Waals surface area contributed by atoms with Gasteiger partial charge in [0.15, 0.2) is 0 Å². The monoisotopic (exact) mass is 448 g/mol. The third kappa shape index (κ3) is 3.56. The van der Waals surface area contributed by atoms with Gasteiger partial charge in [-0.25, -0.2) is 0 Å². The van der Waals surface area contributed by atoms with Crippen LogP contribution < -0.4 is 0 Å². The molecule has 1 aliphatic heterocycles. The molecule has 0 unspecified atom stereocenters. The third-order valence-electron chi connectivity index (χ3n) is 5.96. The van der Waals surface area contributed by atoms with E-state index in [1.165, 1.54) is 0 Å². The summed E-state index contributed by atoms with van der Waals surface area (Å²) in [5.74, 6) is 0. The number of aliphatic imine (C=N–C) groups is 1. The molecule has 1 aromatic carbocycles. The highest BCUT2D eigenvalue weighted by Crippen LogP contribution is 2.44. The second-order valence-corrected chi connectivity index (χ2v) is 8.33. The van der Waals surface area contributed by atoms with Gasteiger partial charge in [0.05, 0.1) is 15.7 Å². The second kappa shape index (κ2) is 8.72. The van der Waals surface area contributed by atoms with Crippen molar-refractivity contribution in [1.82, 2.24) is 4.48 Å². The molecular weight excluding hydrogens is 424 g/mol. The first-order valence-corrected chi connectivity index (χ1v) is 10.8.